The first-order valence-corrected chi connectivity index (χ1v) is 5.88. The van der Waals surface area contributed by atoms with E-state index < -0.39 is 0 Å². The minimum absolute atomic E-state index is 0. The second-order valence-electron chi connectivity index (χ2n) is 4.78. The molecule has 1 fully saturated rings. The van der Waals surface area contributed by atoms with Crippen LogP contribution >= 0.6 is 0 Å². The van der Waals surface area contributed by atoms with Gasteiger partial charge in [-0.05, 0) is 5.56 Å². The van der Waals surface area contributed by atoms with E-state index in [1.165, 1.54) is 11.1 Å². The van der Waals surface area contributed by atoms with Crippen molar-refractivity contribution >= 4 is 0 Å². The third kappa shape index (κ3) is 3.50. The maximum Gasteiger partial charge on any atom is 0.0229 e. The molecule has 1 aromatic carbocycles. The van der Waals surface area contributed by atoms with Crippen molar-refractivity contribution < 1.29 is 37.4 Å². The number of ether oxygens (including phenoxy) is 1. The molecule has 1 aromatic rings. The van der Waals surface area contributed by atoms with Crippen LogP contribution in [-0.2, 0) is 37.4 Å². The molecule has 89 valence electrons. The van der Waals surface area contributed by atoms with E-state index in [0.29, 0.717) is 17.8 Å². The molecule has 2 heteroatoms. The molecule has 17 heavy (non-hydrogen) atoms. The molecule has 2 rings (SSSR count). The molecule has 1 aliphatic heterocycles. The molecule has 0 spiro atoms. The van der Waals surface area contributed by atoms with E-state index in [1.807, 2.05) is 12.7 Å². The molecule has 0 saturated carbocycles. The van der Waals surface area contributed by atoms with Gasteiger partial charge in [0.25, 0.3) is 0 Å². The Morgan fingerprint density at radius 2 is 1.94 bits per heavy atom. The molecule has 0 aromatic heterocycles. The third-order valence-corrected chi connectivity index (χ3v) is 3.30. The van der Waals surface area contributed by atoms with E-state index in [9.17, 15) is 0 Å². The van der Waals surface area contributed by atoms with Gasteiger partial charge in [0.2, 0.25) is 0 Å². The van der Waals surface area contributed by atoms with Crippen LogP contribution in [-0.4, -0.2) is 6.61 Å². The fraction of sp³-hybridized carbons (Fsp3) is 0.400. The fourth-order valence-corrected chi connectivity index (χ4v) is 2.26. The quantitative estimate of drug-likeness (QED) is 0.597. The average molecular weight is 304 g/mol. The van der Waals surface area contributed by atoms with Crippen LogP contribution in [0.4, 0.5) is 0 Å². The van der Waals surface area contributed by atoms with Gasteiger partial charge in [-0.15, -0.1) is 12.5 Å². The first-order chi connectivity index (χ1) is 7.70. The van der Waals surface area contributed by atoms with Crippen LogP contribution in [0.1, 0.15) is 25.3 Å². The predicted octanol–water partition coefficient (Wildman–Crippen LogP) is 3.79. The first kappa shape index (κ1) is 15.1. The van der Waals surface area contributed by atoms with Crippen LogP contribution < -0.4 is 0 Å². The molecule has 1 nitrogen and oxygen atoms in total. The summed E-state index contributed by atoms with van der Waals surface area (Å²) in [6, 6.07) is 10.5. The molecule has 1 aliphatic rings. The Kier molecular flexibility index (Phi) is 6.05. The summed E-state index contributed by atoms with van der Waals surface area (Å²) in [6.45, 7) is 11.4. The van der Waals surface area contributed by atoms with Gasteiger partial charge in [-0.3, -0.25) is 0 Å². The maximum atomic E-state index is 5.60. The van der Waals surface area contributed by atoms with Gasteiger partial charge >= 0.3 is 0 Å². The SMILES string of the molecule is C=C1C(c2ccccc2)CO[CH-]C1C(C)C.[Y]. The largest absolute Gasteiger partial charge is 0.551 e. The Hall–Kier alpha value is 0.0239. The van der Waals surface area contributed by atoms with Gasteiger partial charge in [0.1, 0.15) is 0 Å². The summed E-state index contributed by atoms with van der Waals surface area (Å²) in [5.41, 5.74) is 2.60. The fourth-order valence-electron chi connectivity index (χ4n) is 2.26. The van der Waals surface area contributed by atoms with E-state index in [-0.39, 0.29) is 32.7 Å². The second kappa shape index (κ2) is 6.82. The minimum Gasteiger partial charge on any atom is -0.551 e. The van der Waals surface area contributed by atoms with Crippen molar-refractivity contribution in [3.8, 4) is 0 Å². The van der Waals surface area contributed by atoms with E-state index in [0.717, 1.165) is 6.61 Å². The zero-order valence-electron chi connectivity index (χ0n) is 10.6. The number of rotatable bonds is 2. The summed E-state index contributed by atoms with van der Waals surface area (Å²) < 4.78 is 5.60. The Bertz CT molecular complexity index is 358. The molecule has 1 radical (unpaired) electrons. The van der Waals surface area contributed by atoms with E-state index >= 15 is 0 Å². The van der Waals surface area contributed by atoms with Gasteiger partial charge < -0.3 is 4.74 Å². The van der Waals surface area contributed by atoms with E-state index in [4.69, 9.17) is 4.74 Å². The zero-order valence-corrected chi connectivity index (χ0v) is 13.4. The van der Waals surface area contributed by atoms with Crippen molar-refractivity contribution in [3.63, 3.8) is 0 Å². The van der Waals surface area contributed by atoms with Gasteiger partial charge in [-0.2, -0.15) is 0 Å². The normalized spacial score (nSPS) is 24.5. The Morgan fingerprint density at radius 1 is 1.29 bits per heavy atom. The van der Waals surface area contributed by atoms with Crippen molar-refractivity contribution in [3.05, 3.63) is 54.7 Å². The van der Waals surface area contributed by atoms with Crippen LogP contribution in [0.5, 0.6) is 0 Å². The Balaban J connectivity index is 0.00000144. The van der Waals surface area contributed by atoms with Crippen LogP contribution in [0.15, 0.2) is 42.5 Å². The molecule has 1 heterocycles. The predicted molar refractivity (Wildman–Crippen MR) is 66.9 cm³/mol. The van der Waals surface area contributed by atoms with Crippen molar-refractivity contribution in [1.29, 1.82) is 0 Å². The maximum absolute atomic E-state index is 5.60. The van der Waals surface area contributed by atoms with Crippen molar-refractivity contribution in [2.45, 2.75) is 19.8 Å². The summed E-state index contributed by atoms with van der Waals surface area (Å²) in [4.78, 5) is 0. The summed E-state index contributed by atoms with van der Waals surface area (Å²) in [5, 5.41) is 0. The Labute approximate surface area is 130 Å². The van der Waals surface area contributed by atoms with Crippen LogP contribution in [0.2, 0.25) is 0 Å². The van der Waals surface area contributed by atoms with Crippen LogP contribution in [0.3, 0.4) is 0 Å². The minimum atomic E-state index is 0. The van der Waals surface area contributed by atoms with Crippen molar-refractivity contribution in [2.24, 2.45) is 11.8 Å². The summed E-state index contributed by atoms with van der Waals surface area (Å²) in [7, 11) is 0. The molecular formula is C15H19OY-. The molecule has 0 aliphatic carbocycles. The smallest absolute Gasteiger partial charge is 0.0229 e. The van der Waals surface area contributed by atoms with Gasteiger partial charge in [-0.1, -0.05) is 55.7 Å². The molecule has 0 N–H and O–H groups in total. The average Bonchev–Trinajstić information content (AvgIpc) is 2.30. The van der Waals surface area contributed by atoms with Gasteiger partial charge in [-0.25, -0.2) is 6.61 Å². The third-order valence-electron chi connectivity index (χ3n) is 3.30. The second-order valence-corrected chi connectivity index (χ2v) is 4.78. The molecular weight excluding hydrogens is 285 g/mol. The van der Waals surface area contributed by atoms with Crippen LogP contribution in [0.25, 0.3) is 0 Å². The standard InChI is InChI=1S/C15H19O.Y/c1-11(2)14-9-16-10-15(12(14)3)13-7-5-4-6-8-13;/h4-9,11,14-15H,3,10H2,1-2H3;/q-1;. The summed E-state index contributed by atoms with van der Waals surface area (Å²) in [5.74, 6) is 1.27. The number of hydrogen-bond donors (Lipinski definition) is 0. The summed E-state index contributed by atoms with van der Waals surface area (Å²) >= 11 is 0. The molecule has 2 unspecified atom stereocenters. The molecule has 0 amide bonds. The van der Waals surface area contributed by atoms with E-state index in [1.54, 1.807) is 0 Å². The van der Waals surface area contributed by atoms with Gasteiger partial charge in [0, 0.05) is 45.2 Å². The van der Waals surface area contributed by atoms with Crippen molar-refractivity contribution in [2.75, 3.05) is 6.61 Å². The van der Waals surface area contributed by atoms with Crippen molar-refractivity contribution in [1.82, 2.24) is 0 Å². The molecule has 0 bridgehead atoms. The monoisotopic (exact) mass is 304 g/mol. The van der Waals surface area contributed by atoms with Gasteiger partial charge in [0.05, 0.1) is 0 Å². The molecule has 2 atom stereocenters. The van der Waals surface area contributed by atoms with E-state index in [2.05, 4.69) is 44.7 Å². The topological polar surface area (TPSA) is 9.23 Å². The summed E-state index contributed by atoms with van der Waals surface area (Å²) in [6.07, 6.45) is 0. The number of hydrogen-bond acceptors (Lipinski definition) is 1. The van der Waals surface area contributed by atoms with Gasteiger partial charge in [0.15, 0.2) is 0 Å². The first-order valence-electron chi connectivity index (χ1n) is 5.88. The zero-order chi connectivity index (χ0) is 11.5. The Morgan fingerprint density at radius 3 is 2.53 bits per heavy atom. The molecule has 1 saturated heterocycles. The number of benzene rings is 1. The van der Waals surface area contributed by atoms with Crippen LogP contribution in [0, 0.1) is 18.4 Å².